The van der Waals surface area contributed by atoms with Crippen molar-refractivity contribution in [1.82, 2.24) is 5.32 Å². The van der Waals surface area contributed by atoms with Crippen molar-refractivity contribution in [2.75, 3.05) is 19.7 Å². The van der Waals surface area contributed by atoms with Crippen LogP contribution in [-0.4, -0.2) is 30.9 Å². The van der Waals surface area contributed by atoms with E-state index in [4.69, 9.17) is 4.74 Å². The Labute approximate surface area is 128 Å². The van der Waals surface area contributed by atoms with Gasteiger partial charge in [0.25, 0.3) is 0 Å². The van der Waals surface area contributed by atoms with Gasteiger partial charge < -0.3 is 15.2 Å². The number of hydrogen-bond donors (Lipinski definition) is 2. The van der Waals surface area contributed by atoms with E-state index in [2.05, 4.69) is 31.3 Å². The first-order chi connectivity index (χ1) is 10.1. The molecule has 0 radical (unpaired) electrons. The number of ether oxygens (including phenoxy) is 1. The summed E-state index contributed by atoms with van der Waals surface area (Å²) in [5, 5.41) is 13.5. The van der Waals surface area contributed by atoms with Gasteiger partial charge in [-0.2, -0.15) is 0 Å². The highest BCUT2D eigenvalue weighted by atomic mass is 16.5. The molecule has 2 atom stereocenters. The van der Waals surface area contributed by atoms with E-state index in [1.807, 2.05) is 12.1 Å². The maximum absolute atomic E-state index is 10.2. The molecule has 1 fully saturated rings. The predicted octanol–water partition coefficient (Wildman–Crippen LogP) is 3.08. The molecular formula is C18H29NO2. The summed E-state index contributed by atoms with van der Waals surface area (Å²) in [4.78, 5) is 0. The van der Waals surface area contributed by atoms with Crippen molar-refractivity contribution in [2.24, 2.45) is 5.92 Å². The molecular weight excluding hydrogens is 262 g/mol. The van der Waals surface area contributed by atoms with Crippen LogP contribution in [0.1, 0.15) is 50.3 Å². The summed E-state index contributed by atoms with van der Waals surface area (Å²) in [6, 6.07) is 8.34. The molecule has 21 heavy (non-hydrogen) atoms. The van der Waals surface area contributed by atoms with Crippen LogP contribution in [0.2, 0.25) is 0 Å². The van der Waals surface area contributed by atoms with Crippen LogP contribution in [0.3, 0.4) is 0 Å². The third kappa shape index (κ3) is 5.77. The zero-order chi connectivity index (χ0) is 15.1. The molecule has 0 aliphatic carbocycles. The molecule has 1 saturated heterocycles. The first-order valence-corrected chi connectivity index (χ1v) is 8.24. The van der Waals surface area contributed by atoms with Crippen LogP contribution < -0.4 is 5.32 Å². The quantitative estimate of drug-likeness (QED) is 0.811. The standard InChI is InChI=1S/C18H29NO2/c1-14(2)11-15-6-8-16(9-7-15)18(20)13-19-12-17-5-3-4-10-21-17/h6-9,14,17-20H,3-5,10-13H2,1-2H3. The minimum Gasteiger partial charge on any atom is -0.387 e. The number of nitrogens with one attached hydrogen (secondary N) is 1. The van der Waals surface area contributed by atoms with E-state index in [9.17, 15) is 5.11 Å². The molecule has 118 valence electrons. The second-order valence-electron chi connectivity index (χ2n) is 6.50. The Bertz CT molecular complexity index is 396. The van der Waals surface area contributed by atoms with Crippen molar-refractivity contribution in [1.29, 1.82) is 0 Å². The SMILES string of the molecule is CC(C)Cc1ccc(C(O)CNCC2CCCCO2)cc1. The molecule has 2 unspecified atom stereocenters. The predicted molar refractivity (Wildman–Crippen MR) is 86.4 cm³/mol. The lowest BCUT2D eigenvalue weighted by molar-refractivity contribution is 0.0152. The van der Waals surface area contributed by atoms with Crippen LogP contribution in [-0.2, 0) is 11.2 Å². The summed E-state index contributed by atoms with van der Waals surface area (Å²) >= 11 is 0. The summed E-state index contributed by atoms with van der Waals surface area (Å²) in [6.07, 6.45) is 4.54. The maximum Gasteiger partial charge on any atom is 0.0914 e. The normalized spacial score (nSPS) is 20.7. The minimum absolute atomic E-state index is 0.319. The van der Waals surface area contributed by atoms with Gasteiger partial charge in [-0.3, -0.25) is 0 Å². The average molecular weight is 291 g/mol. The lowest BCUT2D eigenvalue weighted by Gasteiger charge is -2.23. The molecule has 1 heterocycles. The van der Waals surface area contributed by atoms with Gasteiger partial charge >= 0.3 is 0 Å². The van der Waals surface area contributed by atoms with Crippen LogP contribution in [0, 0.1) is 5.92 Å². The van der Waals surface area contributed by atoms with Gasteiger partial charge in [-0.15, -0.1) is 0 Å². The highest BCUT2D eigenvalue weighted by Crippen LogP contribution is 2.16. The lowest BCUT2D eigenvalue weighted by atomic mass is 10.0. The molecule has 0 spiro atoms. The third-order valence-corrected chi connectivity index (χ3v) is 3.99. The van der Waals surface area contributed by atoms with E-state index in [0.29, 0.717) is 18.6 Å². The topological polar surface area (TPSA) is 41.5 Å². The molecule has 1 aromatic carbocycles. The van der Waals surface area contributed by atoms with Gasteiger partial charge in [0.1, 0.15) is 0 Å². The Morgan fingerprint density at radius 1 is 1.24 bits per heavy atom. The molecule has 0 bridgehead atoms. The maximum atomic E-state index is 10.2. The van der Waals surface area contributed by atoms with Gasteiger partial charge in [0.2, 0.25) is 0 Å². The monoisotopic (exact) mass is 291 g/mol. The highest BCUT2D eigenvalue weighted by Gasteiger charge is 2.14. The smallest absolute Gasteiger partial charge is 0.0914 e. The molecule has 2 rings (SSSR count). The van der Waals surface area contributed by atoms with Crippen molar-refractivity contribution in [3.63, 3.8) is 0 Å². The summed E-state index contributed by atoms with van der Waals surface area (Å²) in [7, 11) is 0. The van der Waals surface area contributed by atoms with E-state index < -0.39 is 6.10 Å². The Balaban J connectivity index is 1.73. The number of aliphatic hydroxyl groups excluding tert-OH is 1. The zero-order valence-corrected chi connectivity index (χ0v) is 13.3. The van der Waals surface area contributed by atoms with E-state index in [1.165, 1.54) is 18.4 Å². The van der Waals surface area contributed by atoms with Crippen LogP contribution >= 0.6 is 0 Å². The highest BCUT2D eigenvalue weighted by molar-refractivity contribution is 5.24. The molecule has 0 saturated carbocycles. The average Bonchev–Trinajstić information content (AvgIpc) is 2.48. The Morgan fingerprint density at radius 2 is 2.00 bits per heavy atom. The van der Waals surface area contributed by atoms with Crippen molar-refractivity contribution in [2.45, 2.75) is 51.7 Å². The molecule has 3 heteroatoms. The molecule has 3 nitrogen and oxygen atoms in total. The Hall–Kier alpha value is -0.900. The number of benzene rings is 1. The molecule has 0 amide bonds. The second-order valence-corrected chi connectivity index (χ2v) is 6.50. The Morgan fingerprint density at radius 3 is 2.62 bits per heavy atom. The third-order valence-electron chi connectivity index (χ3n) is 3.99. The second kappa shape index (κ2) is 8.52. The van der Waals surface area contributed by atoms with Gasteiger partial charge in [0, 0.05) is 19.7 Å². The largest absolute Gasteiger partial charge is 0.387 e. The van der Waals surface area contributed by atoms with Crippen LogP contribution in [0.25, 0.3) is 0 Å². The number of aliphatic hydroxyl groups is 1. The van der Waals surface area contributed by atoms with Gasteiger partial charge in [-0.25, -0.2) is 0 Å². The van der Waals surface area contributed by atoms with Gasteiger partial charge in [-0.1, -0.05) is 38.1 Å². The fraction of sp³-hybridized carbons (Fsp3) is 0.667. The van der Waals surface area contributed by atoms with Crippen LogP contribution in [0.5, 0.6) is 0 Å². The minimum atomic E-state index is -0.443. The van der Waals surface area contributed by atoms with Crippen molar-refractivity contribution >= 4 is 0 Å². The molecule has 1 aromatic rings. The molecule has 0 aromatic heterocycles. The first kappa shape index (κ1) is 16.5. The van der Waals surface area contributed by atoms with Crippen LogP contribution in [0.15, 0.2) is 24.3 Å². The fourth-order valence-corrected chi connectivity index (χ4v) is 2.81. The van der Waals surface area contributed by atoms with Crippen molar-refractivity contribution < 1.29 is 9.84 Å². The van der Waals surface area contributed by atoms with E-state index >= 15 is 0 Å². The molecule has 1 aliphatic rings. The van der Waals surface area contributed by atoms with E-state index in [0.717, 1.165) is 31.6 Å². The summed E-state index contributed by atoms with van der Waals surface area (Å²) in [5.74, 6) is 0.665. The van der Waals surface area contributed by atoms with Gasteiger partial charge in [-0.05, 0) is 42.7 Å². The Kier molecular flexibility index (Phi) is 6.68. The zero-order valence-electron chi connectivity index (χ0n) is 13.3. The number of hydrogen-bond acceptors (Lipinski definition) is 3. The fourth-order valence-electron chi connectivity index (χ4n) is 2.81. The molecule has 2 N–H and O–H groups in total. The lowest BCUT2D eigenvalue weighted by Crippen LogP contribution is -2.34. The van der Waals surface area contributed by atoms with Crippen LogP contribution in [0.4, 0.5) is 0 Å². The van der Waals surface area contributed by atoms with Crippen molar-refractivity contribution in [3.8, 4) is 0 Å². The van der Waals surface area contributed by atoms with E-state index in [-0.39, 0.29) is 0 Å². The summed E-state index contributed by atoms with van der Waals surface area (Å²) < 4.78 is 5.67. The number of rotatable bonds is 7. The van der Waals surface area contributed by atoms with Crippen molar-refractivity contribution in [3.05, 3.63) is 35.4 Å². The van der Waals surface area contributed by atoms with Gasteiger partial charge in [0.15, 0.2) is 0 Å². The summed E-state index contributed by atoms with van der Waals surface area (Å²) in [5.41, 5.74) is 2.32. The van der Waals surface area contributed by atoms with Gasteiger partial charge in [0.05, 0.1) is 12.2 Å². The van der Waals surface area contributed by atoms with E-state index in [1.54, 1.807) is 0 Å². The summed E-state index contributed by atoms with van der Waals surface area (Å²) in [6.45, 7) is 6.75. The molecule has 1 aliphatic heterocycles. The first-order valence-electron chi connectivity index (χ1n) is 8.24.